The second kappa shape index (κ2) is 22.4. The number of nitrogens with zero attached hydrogens (tertiary/aromatic N) is 1. The van der Waals surface area contributed by atoms with E-state index in [2.05, 4.69) is 29.7 Å². The molecular weight excluding hydrogens is 414 g/mol. The van der Waals surface area contributed by atoms with Crippen LogP contribution in [0.3, 0.4) is 0 Å². The minimum Gasteiger partial charge on any atom is -0.395 e. The Morgan fingerprint density at radius 2 is 1.27 bits per heavy atom. The second-order valence-electron chi connectivity index (χ2n) is 9.93. The van der Waals surface area contributed by atoms with Gasteiger partial charge in [0.25, 0.3) is 5.91 Å². The van der Waals surface area contributed by atoms with Gasteiger partial charge in [0.05, 0.1) is 27.2 Å². The van der Waals surface area contributed by atoms with Crippen LogP contribution in [0.15, 0.2) is 12.2 Å². The van der Waals surface area contributed by atoms with E-state index in [0.29, 0.717) is 30.5 Å². The Kier molecular flexibility index (Phi) is 21.4. The van der Waals surface area contributed by atoms with Crippen LogP contribution in [0.1, 0.15) is 103 Å². The highest BCUT2D eigenvalue weighted by atomic mass is 16.3. The van der Waals surface area contributed by atoms with Crippen molar-refractivity contribution in [1.29, 1.82) is 0 Å². The molecular formula is C27H54N3O3+. The van der Waals surface area contributed by atoms with Crippen LogP contribution >= 0.6 is 0 Å². The van der Waals surface area contributed by atoms with Crippen molar-refractivity contribution in [3.8, 4) is 0 Å². The first kappa shape index (κ1) is 31.6. The molecule has 0 rings (SSSR count). The predicted octanol–water partition coefficient (Wildman–Crippen LogP) is 4.72. The fourth-order valence-electron chi connectivity index (χ4n) is 3.90. The topological polar surface area (TPSA) is 78.4 Å². The predicted molar refractivity (Wildman–Crippen MR) is 139 cm³/mol. The highest BCUT2D eigenvalue weighted by Gasteiger charge is 2.19. The Hall–Kier alpha value is -1.40. The van der Waals surface area contributed by atoms with Crippen LogP contribution in [0.4, 0.5) is 0 Å². The summed E-state index contributed by atoms with van der Waals surface area (Å²) in [5.41, 5.74) is 0. The number of allylic oxidation sites excluding steroid dienone is 2. The molecule has 0 bridgehead atoms. The van der Waals surface area contributed by atoms with Crippen LogP contribution in [-0.2, 0) is 9.59 Å². The number of amides is 2. The first-order valence-corrected chi connectivity index (χ1v) is 13.5. The van der Waals surface area contributed by atoms with E-state index in [1.54, 1.807) is 0 Å². The van der Waals surface area contributed by atoms with Gasteiger partial charge >= 0.3 is 0 Å². The van der Waals surface area contributed by atoms with Crippen LogP contribution in [0.25, 0.3) is 0 Å². The number of hydrogen-bond acceptors (Lipinski definition) is 3. The maximum absolute atomic E-state index is 12.0. The van der Waals surface area contributed by atoms with Crippen LogP contribution in [0, 0.1) is 0 Å². The summed E-state index contributed by atoms with van der Waals surface area (Å²) in [7, 11) is 4.01. The number of carbonyl (C=O) groups excluding carboxylic acids is 2. The van der Waals surface area contributed by atoms with E-state index in [1.807, 2.05) is 14.1 Å². The SMILES string of the molecule is CCCCCCCC/C=C\CCCCCCCC(=O)NCCC[N+](C)(C)CC(=O)NCCO. The van der Waals surface area contributed by atoms with Gasteiger partial charge in [-0.1, -0.05) is 70.4 Å². The molecule has 194 valence electrons. The van der Waals surface area contributed by atoms with Gasteiger partial charge in [0.2, 0.25) is 5.91 Å². The first-order valence-electron chi connectivity index (χ1n) is 13.5. The van der Waals surface area contributed by atoms with Gasteiger partial charge in [0.1, 0.15) is 0 Å². The molecule has 0 aromatic rings. The maximum Gasteiger partial charge on any atom is 0.275 e. The van der Waals surface area contributed by atoms with E-state index < -0.39 is 0 Å². The smallest absolute Gasteiger partial charge is 0.275 e. The van der Waals surface area contributed by atoms with Crippen molar-refractivity contribution in [2.75, 3.05) is 46.9 Å². The van der Waals surface area contributed by atoms with Crippen molar-refractivity contribution in [3.63, 3.8) is 0 Å². The number of unbranched alkanes of at least 4 members (excludes halogenated alkanes) is 11. The molecule has 0 aromatic carbocycles. The van der Waals surface area contributed by atoms with Gasteiger partial charge < -0.3 is 20.2 Å². The minimum atomic E-state index is -0.0535. The van der Waals surface area contributed by atoms with Gasteiger partial charge in [0, 0.05) is 25.9 Å². The van der Waals surface area contributed by atoms with E-state index in [1.165, 1.54) is 70.6 Å². The normalized spacial score (nSPS) is 11.8. The quantitative estimate of drug-likeness (QED) is 0.115. The summed E-state index contributed by atoms with van der Waals surface area (Å²) in [5, 5.41) is 14.4. The molecule has 3 N–H and O–H groups in total. The molecule has 6 nitrogen and oxygen atoms in total. The van der Waals surface area contributed by atoms with Gasteiger partial charge in [-0.15, -0.1) is 0 Å². The lowest BCUT2D eigenvalue weighted by Crippen LogP contribution is -2.49. The summed E-state index contributed by atoms with van der Waals surface area (Å²) >= 11 is 0. The zero-order valence-corrected chi connectivity index (χ0v) is 22.0. The Morgan fingerprint density at radius 3 is 1.88 bits per heavy atom. The van der Waals surface area contributed by atoms with Crippen molar-refractivity contribution in [3.05, 3.63) is 12.2 Å². The van der Waals surface area contributed by atoms with Crippen molar-refractivity contribution in [2.24, 2.45) is 0 Å². The number of quaternary nitrogens is 1. The van der Waals surface area contributed by atoms with Crippen molar-refractivity contribution in [1.82, 2.24) is 10.6 Å². The molecule has 0 aliphatic rings. The van der Waals surface area contributed by atoms with Gasteiger partial charge in [-0.2, -0.15) is 0 Å². The van der Waals surface area contributed by atoms with Crippen molar-refractivity contribution in [2.45, 2.75) is 103 Å². The highest BCUT2D eigenvalue weighted by molar-refractivity contribution is 5.77. The highest BCUT2D eigenvalue weighted by Crippen LogP contribution is 2.10. The summed E-state index contributed by atoms with van der Waals surface area (Å²) in [6, 6.07) is 0. The number of nitrogens with one attached hydrogen (secondary N) is 2. The lowest BCUT2D eigenvalue weighted by atomic mass is 10.1. The molecule has 0 saturated heterocycles. The Morgan fingerprint density at radius 1 is 0.727 bits per heavy atom. The molecule has 0 aliphatic heterocycles. The monoisotopic (exact) mass is 468 g/mol. The van der Waals surface area contributed by atoms with Crippen LogP contribution in [0.2, 0.25) is 0 Å². The molecule has 0 aliphatic carbocycles. The molecule has 0 unspecified atom stereocenters. The molecule has 2 amide bonds. The summed E-state index contributed by atoms with van der Waals surface area (Å²) in [6.45, 7) is 4.37. The molecule has 0 saturated carbocycles. The van der Waals surface area contributed by atoms with Gasteiger partial charge in [-0.25, -0.2) is 0 Å². The Labute approximate surface area is 204 Å². The number of likely N-dealkylation sites (N-methyl/N-ethyl adjacent to an activating group) is 1. The van der Waals surface area contributed by atoms with Gasteiger partial charge in [-0.05, 0) is 32.1 Å². The Bertz CT molecular complexity index is 507. The Balaban J connectivity index is 3.49. The van der Waals surface area contributed by atoms with Gasteiger partial charge in [-0.3, -0.25) is 9.59 Å². The largest absolute Gasteiger partial charge is 0.395 e. The number of hydrogen-bond donors (Lipinski definition) is 3. The number of carbonyl (C=O) groups is 2. The zero-order chi connectivity index (χ0) is 24.6. The van der Waals surface area contributed by atoms with E-state index in [9.17, 15) is 9.59 Å². The summed E-state index contributed by atoms with van der Waals surface area (Å²) < 4.78 is 0.571. The van der Waals surface area contributed by atoms with Crippen LogP contribution in [-0.4, -0.2) is 68.3 Å². The van der Waals surface area contributed by atoms with E-state index in [0.717, 1.165) is 25.8 Å². The third kappa shape index (κ3) is 23.6. The lowest BCUT2D eigenvalue weighted by molar-refractivity contribution is -0.882. The third-order valence-corrected chi connectivity index (χ3v) is 5.93. The number of aliphatic hydroxyl groups excluding tert-OH is 1. The molecule has 33 heavy (non-hydrogen) atoms. The van der Waals surface area contributed by atoms with Crippen LogP contribution < -0.4 is 10.6 Å². The second-order valence-corrected chi connectivity index (χ2v) is 9.93. The molecule has 0 spiro atoms. The average Bonchev–Trinajstić information content (AvgIpc) is 2.77. The first-order chi connectivity index (χ1) is 15.9. The number of rotatable bonds is 23. The minimum absolute atomic E-state index is 0.0398. The fourth-order valence-corrected chi connectivity index (χ4v) is 3.90. The van der Waals surface area contributed by atoms with E-state index in [-0.39, 0.29) is 18.4 Å². The summed E-state index contributed by atoms with van der Waals surface area (Å²) in [5.74, 6) is 0.0842. The van der Waals surface area contributed by atoms with E-state index in [4.69, 9.17) is 5.11 Å². The fraction of sp³-hybridized carbons (Fsp3) is 0.852. The third-order valence-electron chi connectivity index (χ3n) is 5.93. The maximum atomic E-state index is 12.0. The van der Waals surface area contributed by atoms with Crippen molar-refractivity contribution < 1.29 is 19.2 Å². The summed E-state index contributed by atoms with van der Waals surface area (Å²) in [6.07, 6.45) is 22.6. The summed E-state index contributed by atoms with van der Waals surface area (Å²) in [4.78, 5) is 23.8. The molecule has 6 heteroatoms. The molecule has 0 atom stereocenters. The molecule has 0 radical (unpaired) electrons. The number of aliphatic hydroxyl groups is 1. The molecule has 0 aromatic heterocycles. The standard InChI is InChI=1S/C27H53N3O3/c1-4-5-6-7-8-9-10-11-12-13-14-15-16-17-18-20-26(32)28-21-19-23-30(2,3)25-27(33)29-22-24-31/h11-12,31H,4-10,13-25H2,1-3H3,(H-,28,29,32,33)/p+1/b12-11-. The lowest BCUT2D eigenvalue weighted by Gasteiger charge is -2.29. The van der Waals surface area contributed by atoms with Crippen LogP contribution in [0.5, 0.6) is 0 Å². The van der Waals surface area contributed by atoms with E-state index >= 15 is 0 Å². The molecule has 0 fully saturated rings. The molecule has 0 heterocycles. The zero-order valence-electron chi connectivity index (χ0n) is 22.0. The van der Waals surface area contributed by atoms with Gasteiger partial charge in [0.15, 0.2) is 6.54 Å². The van der Waals surface area contributed by atoms with Crippen molar-refractivity contribution >= 4 is 11.8 Å². The average molecular weight is 469 g/mol.